The molecule has 7 nitrogen and oxygen atoms in total. The van der Waals surface area contributed by atoms with Crippen molar-refractivity contribution in [2.75, 3.05) is 19.7 Å². The molecule has 3 heterocycles. The van der Waals surface area contributed by atoms with Gasteiger partial charge in [0.15, 0.2) is 5.82 Å². The predicted octanol–water partition coefficient (Wildman–Crippen LogP) is 2.33. The van der Waals surface area contributed by atoms with E-state index in [0.717, 1.165) is 17.6 Å². The van der Waals surface area contributed by atoms with E-state index in [-0.39, 0.29) is 12.0 Å². The van der Waals surface area contributed by atoms with Crippen LogP contribution in [0.4, 0.5) is 0 Å². The number of carbonyl (C=O) groups is 1. The Labute approximate surface area is 138 Å². The maximum absolute atomic E-state index is 12.9. The third kappa shape index (κ3) is 2.56. The maximum atomic E-state index is 12.9. The Bertz CT molecular complexity index is 869. The number of aryl methyl sites for hydroxylation is 1. The second-order valence-corrected chi connectivity index (χ2v) is 5.75. The molecule has 0 spiro atoms. The highest BCUT2D eigenvalue weighted by Gasteiger charge is 2.29. The minimum absolute atomic E-state index is 0.0560. The second kappa shape index (κ2) is 6.09. The lowest BCUT2D eigenvalue weighted by atomic mass is 10.1. The Morgan fingerprint density at radius 2 is 2.29 bits per heavy atom. The zero-order valence-electron chi connectivity index (χ0n) is 13.4. The number of hydrogen-bond donors (Lipinski definition) is 1. The Balaban J connectivity index is 1.56. The highest BCUT2D eigenvalue weighted by Crippen LogP contribution is 2.25. The van der Waals surface area contributed by atoms with Crippen molar-refractivity contribution in [1.29, 1.82) is 0 Å². The molecule has 1 fully saturated rings. The molecule has 1 amide bonds. The molecule has 1 aliphatic heterocycles. The van der Waals surface area contributed by atoms with E-state index in [1.165, 1.54) is 6.26 Å². The predicted molar refractivity (Wildman–Crippen MR) is 86.6 cm³/mol. The van der Waals surface area contributed by atoms with E-state index >= 15 is 0 Å². The Morgan fingerprint density at radius 1 is 1.42 bits per heavy atom. The topological polar surface area (TPSA) is 84.2 Å². The number of nitrogens with zero attached hydrogens (tertiary/aromatic N) is 3. The van der Waals surface area contributed by atoms with Crippen molar-refractivity contribution in [2.24, 2.45) is 0 Å². The van der Waals surface area contributed by atoms with Gasteiger partial charge in [-0.25, -0.2) is 4.98 Å². The Morgan fingerprint density at radius 3 is 3.12 bits per heavy atom. The molecule has 3 aromatic rings. The lowest BCUT2D eigenvalue weighted by Crippen LogP contribution is -2.42. The fourth-order valence-corrected chi connectivity index (χ4v) is 2.92. The van der Waals surface area contributed by atoms with E-state index in [1.54, 1.807) is 4.90 Å². The number of aromatic amines is 1. The van der Waals surface area contributed by atoms with Crippen LogP contribution in [0.5, 0.6) is 0 Å². The highest BCUT2D eigenvalue weighted by molar-refractivity contribution is 6.05. The molecule has 0 aliphatic carbocycles. The number of carbonyl (C=O) groups excluding carboxylic acids is 1. The first-order chi connectivity index (χ1) is 11.8. The number of fused-ring (bicyclic) bond motifs is 1. The van der Waals surface area contributed by atoms with Crippen LogP contribution in [0.2, 0.25) is 0 Å². The van der Waals surface area contributed by atoms with Gasteiger partial charge in [0.1, 0.15) is 23.8 Å². The van der Waals surface area contributed by atoms with Gasteiger partial charge in [-0.2, -0.15) is 5.10 Å². The number of benzene rings is 1. The van der Waals surface area contributed by atoms with Gasteiger partial charge in [-0.3, -0.25) is 9.89 Å². The number of ether oxygens (including phenoxy) is 1. The van der Waals surface area contributed by atoms with Crippen molar-refractivity contribution in [3.63, 3.8) is 0 Å². The van der Waals surface area contributed by atoms with Crippen LogP contribution in [-0.4, -0.2) is 45.7 Å². The maximum Gasteiger partial charge on any atom is 0.257 e. The van der Waals surface area contributed by atoms with Crippen LogP contribution < -0.4 is 0 Å². The molecule has 4 rings (SSSR count). The Hall–Kier alpha value is -2.67. The largest absolute Gasteiger partial charge is 0.463 e. The minimum Gasteiger partial charge on any atom is -0.463 e. The van der Waals surface area contributed by atoms with Crippen LogP contribution in [0.25, 0.3) is 11.0 Å². The van der Waals surface area contributed by atoms with Gasteiger partial charge < -0.3 is 14.1 Å². The van der Waals surface area contributed by atoms with Crippen LogP contribution in [0.15, 0.2) is 34.9 Å². The molecule has 0 bridgehead atoms. The summed E-state index contributed by atoms with van der Waals surface area (Å²) in [7, 11) is 0. The molecule has 1 aromatic carbocycles. The standard InChI is InChI=1S/C17H18N4O3/c1-2-15-18-16(20-19-15)14-9-21(7-8-23-14)17(22)12-10-24-13-6-4-3-5-11(12)13/h3-6,10,14H,2,7-9H2,1H3,(H,18,19,20). The highest BCUT2D eigenvalue weighted by atomic mass is 16.5. The van der Waals surface area contributed by atoms with Crippen molar-refractivity contribution in [3.05, 3.63) is 47.7 Å². The molecule has 1 aliphatic rings. The average Bonchev–Trinajstić information content (AvgIpc) is 3.28. The third-order valence-electron chi connectivity index (χ3n) is 4.24. The van der Waals surface area contributed by atoms with E-state index in [9.17, 15) is 4.79 Å². The summed E-state index contributed by atoms with van der Waals surface area (Å²) in [5, 5.41) is 7.92. The molecule has 1 saturated heterocycles. The van der Waals surface area contributed by atoms with Crippen LogP contribution in [0.3, 0.4) is 0 Å². The summed E-state index contributed by atoms with van der Waals surface area (Å²) < 4.78 is 11.2. The molecule has 1 unspecified atom stereocenters. The van der Waals surface area contributed by atoms with Gasteiger partial charge >= 0.3 is 0 Å². The molecule has 1 atom stereocenters. The van der Waals surface area contributed by atoms with E-state index in [2.05, 4.69) is 15.2 Å². The van der Waals surface area contributed by atoms with Gasteiger partial charge in [0.05, 0.1) is 18.7 Å². The van der Waals surface area contributed by atoms with Crippen LogP contribution in [0.1, 0.15) is 35.0 Å². The number of rotatable bonds is 3. The molecule has 0 saturated carbocycles. The van der Waals surface area contributed by atoms with Crippen molar-refractivity contribution < 1.29 is 13.9 Å². The number of morpholine rings is 1. The average molecular weight is 326 g/mol. The van der Waals surface area contributed by atoms with Gasteiger partial charge in [-0.15, -0.1) is 0 Å². The van der Waals surface area contributed by atoms with Gasteiger partial charge in [-0.05, 0) is 6.07 Å². The molecular formula is C17H18N4O3. The molecule has 124 valence electrons. The van der Waals surface area contributed by atoms with Gasteiger partial charge in [0, 0.05) is 18.4 Å². The monoisotopic (exact) mass is 326 g/mol. The van der Waals surface area contributed by atoms with Crippen molar-refractivity contribution in [1.82, 2.24) is 20.1 Å². The number of H-pyrrole nitrogens is 1. The summed E-state index contributed by atoms with van der Waals surface area (Å²) in [5.41, 5.74) is 1.29. The minimum atomic E-state index is -0.308. The summed E-state index contributed by atoms with van der Waals surface area (Å²) >= 11 is 0. The zero-order chi connectivity index (χ0) is 16.5. The fourth-order valence-electron chi connectivity index (χ4n) is 2.92. The van der Waals surface area contributed by atoms with Gasteiger partial charge in [-0.1, -0.05) is 25.1 Å². The number of aromatic nitrogens is 3. The molecule has 1 N–H and O–H groups in total. The number of amides is 1. The quantitative estimate of drug-likeness (QED) is 0.798. The molecule has 0 radical (unpaired) electrons. The first-order valence-corrected chi connectivity index (χ1v) is 8.04. The lowest BCUT2D eigenvalue weighted by molar-refractivity contribution is -0.0266. The van der Waals surface area contributed by atoms with Crippen molar-refractivity contribution in [2.45, 2.75) is 19.4 Å². The SMILES string of the molecule is CCc1nc(C2CN(C(=O)c3coc4ccccc34)CCO2)n[nH]1. The van der Waals surface area contributed by atoms with E-state index < -0.39 is 0 Å². The fraction of sp³-hybridized carbons (Fsp3) is 0.353. The second-order valence-electron chi connectivity index (χ2n) is 5.75. The molecule has 24 heavy (non-hydrogen) atoms. The van der Waals surface area contributed by atoms with Crippen molar-refractivity contribution >= 4 is 16.9 Å². The number of hydrogen-bond acceptors (Lipinski definition) is 5. The number of para-hydroxylation sites is 1. The number of furan rings is 1. The number of nitrogens with one attached hydrogen (secondary N) is 1. The van der Waals surface area contributed by atoms with Gasteiger partial charge in [0.2, 0.25) is 0 Å². The summed E-state index contributed by atoms with van der Waals surface area (Å²) in [6.07, 6.45) is 2.00. The molecular weight excluding hydrogens is 308 g/mol. The van der Waals surface area contributed by atoms with E-state index in [1.807, 2.05) is 31.2 Å². The smallest absolute Gasteiger partial charge is 0.257 e. The van der Waals surface area contributed by atoms with Crippen molar-refractivity contribution in [3.8, 4) is 0 Å². The first-order valence-electron chi connectivity index (χ1n) is 8.04. The summed E-state index contributed by atoms with van der Waals surface area (Å²) in [5.74, 6) is 1.36. The first kappa shape index (κ1) is 14.9. The van der Waals surface area contributed by atoms with Gasteiger partial charge in [0.25, 0.3) is 5.91 Å². The molecule has 7 heteroatoms. The summed E-state index contributed by atoms with van der Waals surface area (Å²) in [6, 6.07) is 7.54. The third-order valence-corrected chi connectivity index (χ3v) is 4.24. The summed E-state index contributed by atoms with van der Waals surface area (Å²) in [4.78, 5) is 19.1. The van der Waals surface area contributed by atoms with E-state index in [4.69, 9.17) is 9.15 Å². The normalized spacial score (nSPS) is 18.2. The van der Waals surface area contributed by atoms with E-state index in [0.29, 0.717) is 36.7 Å². The van der Waals surface area contributed by atoms with Crippen LogP contribution in [-0.2, 0) is 11.2 Å². The lowest BCUT2D eigenvalue weighted by Gasteiger charge is -2.31. The zero-order valence-corrected chi connectivity index (χ0v) is 13.4. The summed E-state index contributed by atoms with van der Waals surface area (Å²) in [6.45, 7) is 3.44. The molecule has 2 aromatic heterocycles. The van der Waals surface area contributed by atoms with Crippen LogP contribution >= 0.6 is 0 Å². The van der Waals surface area contributed by atoms with Crippen LogP contribution in [0, 0.1) is 0 Å². The Kier molecular flexibility index (Phi) is 3.78.